The standard InChI is InChI=1S/C11H14F3NO3.ClH/c1-18-9-3-2-6(4-8(9)17)7(16)5-10(15)11(12,13)14;/h2-4,7,10,16-17H,5,15H2,1H3;1H/t7-,10-;/m0./s1. The number of ether oxygens (including phenoxy) is 1. The largest absolute Gasteiger partial charge is 0.504 e. The first-order chi connectivity index (χ1) is 8.25. The van der Waals surface area contributed by atoms with Crippen LogP contribution in [0.25, 0.3) is 0 Å². The van der Waals surface area contributed by atoms with E-state index >= 15 is 0 Å². The number of phenolic OH excluding ortho intramolecular Hbond substituents is 1. The van der Waals surface area contributed by atoms with Gasteiger partial charge in [-0.25, -0.2) is 0 Å². The minimum Gasteiger partial charge on any atom is -0.504 e. The van der Waals surface area contributed by atoms with Crippen LogP contribution in [0.1, 0.15) is 18.1 Å². The molecule has 4 N–H and O–H groups in total. The van der Waals surface area contributed by atoms with Crippen molar-refractivity contribution in [3.8, 4) is 11.5 Å². The number of rotatable bonds is 4. The van der Waals surface area contributed by atoms with E-state index in [1.807, 2.05) is 0 Å². The Bertz CT molecular complexity index is 415. The van der Waals surface area contributed by atoms with Crippen molar-refractivity contribution in [2.75, 3.05) is 7.11 Å². The van der Waals surface area contributed by atoms with Crippen LogP contribution >= 0.6 is 12.4 Å². The second-order valence-electron chi connectivity index (χ2n) is 3.83. The molecule has 8 heteroatoms. The number of hydrogen-bond donors (Lipinski definition) is 3. The van der Waals surface area contributed by atoms with Crippen molar-refractivity contribution in [2.24, 2.45) is 5.73 Å². The average Bonchev–Trinajstić information content (AvgIpc) is 2.27. The third kappa shape index (κ3) is 4.77. The Balaban J connectivity index is 0.00000324. The molecule has 110 valence electrons. The van der Waals surface area contributed by atoms with E-state index in [4.69, 9.17) is 10.5 Å². The molecule has 1 aromatic rings. The van der Waals surface area contributed by atoms with Crippen LogP contribution in [-0.4, -0.2) is 29.5 Å². The number of phenols is 1. The molecule has 0 spiro atoms. The van der Waals surface area contributed by atoms with E-state index in [0.29, 0.717) is 0 Å². The fourth-order valence-electron chi connectivity index (χ4n) is 1.42. The number of benzene rings is 1. The second kappa shape index (κ2) is 6.83. The van der Waals surface area contributed by atoms with Gasteiger partial charge in [0.05, 0.1) is 13.2 Å². The molecule has 0 aromatic heterocycles. The van der Waals surface area contributed by atoms with Crippen LogP contribution in [0, 0.1) is 0 Å². The van der Waals surface area contributed by atoms with Crippen LogP contribution in [0.15, 0.2) is 18.2 Å². The Morgan fingerprint density at radius 3 is 2.37 bits per heavy atom. The number of methoxy groups -OCH3 is 1. The highest BCUT2D eigenvalue weighted by Crippen LogP contribution is 2.32. The highest BCUT2D eigenvalue weighted by atomic mass is 35.5. The minimum absolute atomic E-state index is 0. The number of alkyl halides is 3. The molecule has 1 aromatic carbocycles. The summed E-state index contributed by atoms with van der Waals surface area (Å²) in [7, 11) is 1.34. The molecule has 0 saturated heterocycles. The fraction of sp³-hybridized carbons (Fsp3) is 0.455. The lowest BCUT2D eigenvalue weighted by Crippen LogP contribution is -2.38. The Morgan fingerprint density at radius 1 is 1.37 bits per heavy atom. The van der Waals surface area contributed by atoms with Gasteiger partial charge in [-0.15, -0.1) is 12.4 Å². The van der Waals surface area contributed by atoms with Crippen LogP contribution in [0.4, 0.5) is 13.2 Å². The lowest BCUT2D eigenvalue weighted by molar-refractivity contribution is -0.153. The molecule has 4 nitrogen and oxygen atoms in total. The number of aliphatic hydroxyl groups excluding tert-OH is 1. The van der Waals surface area contributed by atoms with E-state index in [2.05, 4.69) is 0 Å². The molecular weight excluding hydrogens is 287 g/mol. The second-order valence-corrected chi connectivity index (χ2v) is 3.83. The molecule has 1 rings (SSSR count). The van der Waals surface area contributed by atoms with Crippen LogP contribution in [0.5, 0.6) is 11.5 Å². The van der Waals surface area contributed by atoms with Gasteiger partial charge in [0, 0.05) is 6.42 Å². The average molecular weight is 302 g/mol. The first-order valence-corrected chi connectivity index (χ1v) is 5.13. The molecule has 19 heavy (non-hydrogen) atoms. The van der Waals surface area contributed by atoms with Crippen molar-refractivity contribution in [3.05, 3.63) is 23.8 Å². The lowest BCUT2D eigenvalue weighted by Gasteiger charge is -2.19. The molecule has 0 amide bonds. The molecule has 0 aliphatic heterocycles. The van der Waals surface area contributed by atoms with Crippen molar-refractivity contribution < 1.29 is 28.1 Å². The molecule has 0 bridgehead atoms. The Morgan fingerprint density at radius 2 is 1.95 bits per heavy atom. The van der Waals surface area contributed by atoms with Gasteiger partial charge in [-0.1, -0.05) is 6.07 Å². The number of nitrogens with two attached hydrogens (primary N) is 1. The molecule has 0 aliphatic carbocycles. The van der Waals surface area contributed by atoms with E-state index < -0.39 is 24.7 Å². The molecule has 0 fully saturated rings. The van der Waals surface area contributed by atoms with Gasteiger partial charge in [0.15, 0.2) is 11.5 Å². The third-order valence-electron chi connectivity index (χ3n) is 2.49. The van der Waals surface area contributed by atoms with Gasteiger partial charge in [0.2, 0.25) is 0 Å². The third-order valence-corrected chi connectivity index (χ3v) is 2.49. The summed E-state index contributed by atoms with van der Waals surface area (Å²) in [5.74, 6) is -0.0827. The zero-order valence-corrected chi connectivity index (χ0v) is 10.8. The molecule has 0 saturated carbocycles. The summed E-state index contributed by atoms with van der Waals surface area (Å²) in [6.07, 6.45) is -6.64. The van der Waals surface area contributed by atoms with Crippen molar-refractivity contribution in [3.63, 3.8) is 0 Å². The monoisotopic (exact) mass is 301 g/mol. The summed E-state index contributed by atoms with van der Waals surface area (Å²) < 4.78 is 41.4. The van der Waals surface area contributed by atoms with Crippen molar-refractivity contribution >= 4 is 12.4 Å². The Hall–Kier alpha value is -1.18. The first-order valence-electron chi connectivity index (χ1n) is 5.13. The van der Waals surface area contributed by atoms with Crippen molar-refractivity contribution in [1.29, 1.82) is 0 Å². The zero-order chi connectivity index (χ0) is 13.9. The normalized spacial score (nSPS) is 14.4. The van der Waals surface area contributed by atoms with Gasteiger partial charge in [-0.2, -0.15) is 13.2 Å². The van der Waals surface area contributed by atoms with Crippen LogP contribution in [0.3, 0.4) is 0 Å². The quantitative estimate of drug-likeness (QED) is 0.796. The minimum atomic E-state index is -4.56. The topological polar surface area (TPSA) is 75.7 Å². The maximum atomic E-state index is 12.2. The summed E-state index contributed by atoms with van der Waals surface area (Å²) in [6, 6.07) is 1.75. The maximum absolute atomic E-state index is 12.2. The van der Waals surface area contributed by atoms with E-state index in [-0.39, 0.29) is 29.5 Å². The van der Waals surface area contributed by atoms with E-state index in [9.17, 15) is 23.4 Å². The van der Waals surface area contributed by atoms with Gasteiger partial charge < -0.3 is 20.7 Å². The van der Waals surface area contributed by atoms with Gasteiger partial charge in [0.25, 0.3) is 0 Å². The predicted octanol–water partition coefficient (Wildman–Crippen LogP) is 2.14. The van der Waals surface area contributed by atoms with Gasteiger partial charge in [0.1, 0.15) is 6.04 Å². The Labute approximate surface area is 114 Å². The van der Waals surface area contributed by atoms with E-state index in [1.165, 1.54) is 19.2 Å². The van der Waals surface area contributed by atoms with E-state index in [1.54, 1.807) is 0 Å². The maximum Gasteiger partial charge on any atom is 0.403 e. The van der Waals surface area contributed by atoms with Gasteiger partial charge in [-0.05, 0) is 17.7 Å². The lowest BCUT2D eigenvalue weighted by atomic mass is 10.0. The summed E-state index contributed by atoms with van der Waals surface area (Å²) in [5, 5.41) is 19.1. The number of aromatic hydroxyl groups is 1. The first kappa shape index (κ1) is 17.8. The van der Waals surface area contributed by atoms with Crippen molar-refractivity contribution in [1.82, 2.24) is 0 Å². The van der Waals surface area contributed by atoms with Gasteiger partial charge >= 0.3 is 6.18 Å². The molecule has 0 heterocycles. The molecule has 0 unspecified atom stereocenters. The predicted molar refractivity (Wildman–Crippen MR) is 65.5 cm³/mol. The smallest absolute Gasteiger partial charge is 0.403 e. The zero-order valence-electron chi connectivity index (χ0n) is 10.0. The number of hydrogen-bond acceptors (Lipinski definition) is 4. The highest BCUT2D eigenvalue weighted by Gasteiger charge is 2.38. The summed E-state index contributed by atoms with van der Waals surface area (Å²) in [5.41, 5.74) is 5.06. The van der Waals surface area contributed by atoms with Crippen molar-refractivity contribution in [2.45, 2.75) is 24.7 Å². The van der Waals surface area contributed by atoms with E-state index in [0.717, 1.165) is 6.07 Å². The highest BCUT2D eigenvalue weighted by molar-refractivity contribution is 5.85. The molecular formula is C11H15ClF3NO3. The Kier molecular flexibility index (Phi) is 6.41. The van der Waals surface area contributed by atoms with Gasteiger partial charge in [-0.3, -0.25) is 0 Å². The van der Waals surface area contributed by atoms with Crippen LogP contribution < -0.4 is 10.5 Å². The summed E-state index contributed by atoms with van der Waals surface area (Å²) >= 11 is 0. The van der Waals surface area contributed by atoms with Crippen LogP contribution in [0.2, 0.25) is 0 Å². The molecule has 0 aliphatic rings. The fourth-order valence-corrected chi connectivity index (χ4v) is 1.42. The number of aliphatic hydroxyl groups is 1. The number of halogens is 4. The molecule has 0 radical (unpaired) electrons. The summed E-state index contributed by atoms with van der Waals surface area (Å²) in [6.45, 7) is 0. The van der Waals surface area contributed by atoms with Crippen LogP contribution in [-0.2, 0) is 0 Å². The molecule has 2 atom stereocenters. The summed E-state index contributed by atoms with van der Waals surface area (Å²) in [4.78, 5) is 0. The SMILES string of the molecule is COc1ccc([C@@H](O)C[C@H](N)C(F)(F)F)cc1O.Cl.